The molecule has 0 saturated heterocycles. The number of carboxylic acid groups (broad SMARTS) is 1. The van der Waals surface area contributed by atoms with Crippen molar-refractivity contribution in [2.45, 2.75) is 26.3 Å². The Morgan fingerprint density at radius 2 is 1.84 bits per heavy atom. The summed E-state index contributed by atoms with van der Waals surface area (Å²) in [6.45, 7) is 3.74. The summed E-state index contributed by atoms with van der Waals surface area (Å²) in [6, 6.07) is 7.28. The van der Waals surface area contributed by atoms with Crippen LogP contribution in [0.2, 0.25) is 0 Å². The Balaban J connectivity index is 2.83. The van der Waals surface area contributed by atoms with Crippen LogP contribution in [-0.2, 0) is 14.8 Å². The number of aliphatic carboxylic acids is 1. The Bertz CT molecular complexity index is 536. The van der Waals surface area contributed by atoms with Gasteiger partial charge in [0.15, 0.2) is 0 Å². The molecule has 106 valence electrons. The van der Waals surface area contributed by atoms with Gasteiger partial charge in [-0.15, -0.1) is 0 Å². The molecule has 6 heteroatoms. The Labute approximate surface area is 113 Å². The highest BCUT2D eigenvalue weighted by molar-refractivity contribution is 7.89. The van der Waals surface area contributed by atoms with Crippen molar-refractivity contribution in [1.82, 2.24) is 4.31 Å². The van der Waals surface area contributed by atoms with Gasteiger partial charge in [0.1, 0.15) is 0 Å². The maximum absolute atomic E-state index is 12.0. The summed E-state index contributed by atoms with van der Waals surface area (Å²) in [5, 5.41) is 8.56. The summed E-state index contributed by atoms with van der Waals surface area (Å²) in [6.07, 6.45) is -0.382. The van der Waals surface area contributed by atoms with E-state index in [1.54, 1.807) is 6.92 Å². The topological polar surface area (TPSA) is 74.7 Å². The summed E-state index contributed by atoms with van der Waals surface area (Å²) in [5.41, 5.74) is 1.99. The molecule has 1 unspecified atom stereocenters. The van der Waals surface area contributed by atoms with Crippen LogP contribution < -0.4 is 0 Å². The van der Waals surface area contributed by atoms with Crippen molar-refractivity contribution in [1.29, 1.82) is 0 Å². The van der Waals surface area contributed by atoms with Crippen LogP contribution in [0.5, 0.6) is 0 Å². The number of hydrogen-bond acceptors (Lipinski definition) is 3. The Hall–Kier alpha value is -1.40. The molecule has 1 aromatic rings. The lowest BCUT2D eigenvalue weighted by Gasteiger charge is -2.24. The molecule has 0 aliphatic rings. The van der Waals surface area contributed by atoms with Gasteiger partial charge in [0.25, 0.3) is 0 Å². The maximum Gasteiger partial charge on any atom is 0.304 e. The number of nitrogens with zero attached hydrogens (tertiary/aromatic N) is 1. The lowest BCUT2D eigenvalue weighted by Crippen LogP contribution is -2.32. The molecule has 0 aromatic heterocycles. The van der Waals surface area contributed by atoms with Gasteiger partial charge in [-0.3, -0.25) is 4.79 Å². The molecule has 0 fully saturated rings. The fraction of sp³-hybridized carbons (Fsp3) is 0.462. The molecule has 0 spiro atoms. The Morgan fingerprint density at radius 1 is 1.32 bits per heavy atom. The van der Waals surface area contributed by atoms with Gasteiger partial charge in [-0.2, -0.15) is 4.31 Å². The summed E-state index contributed by atoms with van der Waals surface area (Å²) in [4.78, 5) is 10.5. The molecule has 1 rings (SSSR count). The zero-order chi connectivity index (χ0) is 14.6. The smallest absolute Gasteiger partial charge is 0.304 e. The maximum atomic E-state index is 12.0. The van der Waals surface area contributed by atoms with Gasteiger partial charge in [-0.05, 0) is 19.4 Å². The molecule has 1 N–H and O–H groups in total. The fourth-order valence-electron chi connectivity index (χ4n) is 1.66. The first-order valence-electron chi connectivity index (χ1n) is 5.98. The van der Waals surface area contributed by atoms with E-state index in [9.17, 15) is 13.2 Å². The zero-order valence-corrected chi connectivity index (χ0v) is 12.1. The minimum atomic E-state index is -3.56. The Morgan fingerprint density at radius 3 is 2.32 bits per heavy atom. The predicted octanol–water partition coefficient (Wildman–Crippen LogP) is 1.79. The van der Waals surface area contributed by atoms with Gasteiger partial charge >= 0.3 is 5.97 Å². The van der Waals surface area contributed by atoms with Gasteiger partial charge in [0.05, 0.1) is 12.2 Å². The van der Waals surface area contributed by atoms with Crippen LogP contribution in [0.3, 0.4) is 0 Å². The minimum Gasteiger partial charge on any atom is -0.481 e. The second-order valence-corrected chi connectivity index (χ2v) is 6.71. The molecule has 19 heavy (non-hydrogen) atoms. The lowest BCUT2D eigenvalue weighted by atomic mass is 10.1. The van der Waals surface area contributed by atoms with Gasteiger partial charge in [-0.25, -0.2) is 8.42 Å². The first-order valence-corrected chi connectivity index (χ1v) is 7.59. The molecular formula is C13H19NO4S. The third-order valence-electron chi connectivity index (χ3n) is 3.12. The summed E-state index contributed by atoms with van der Waals surface area (Å²) >= 11 is 0. The van der Waals surface area contributed by atoms with E-state index in [2.05, 4.69) is 0 Å². The van der Waals surface area contributed by atoms with Crippen LogP contribution in [0.4, 0.5) is 0 Å². The fourth-order valence-corrected chi connectivity index (χ4v) is 2.98. The molecule has 1 aromatic carbocycles. The average Bonchev–Trinajstić information content (AvgIpc) is 2.35. The van der Waals surface area contributed by atoms with E-state index in [1.165, 1.54) is 11.4 Å². The number of benzene rings is 1. The van der Waals surface area contributed by atoms with Crippen LogP contribution in [0.15, 0.2) is 24.3 Å². The van der Waals surface area contributed by atoms with Crippen molar-refractivity contribution >= 4 is 16.0 Å². The number of hydrogen-bond donors (Lipinski definition) is 1. The van der Waals surface area contributed by atoms with Crippen LogP contribution >= 0.6 is 0 Å². The molecule has 0 aliphatic carbocycles. The largest absolute Gasteiger partial charge is 0.481 e. The highest BCUT2D eigenvalue weighted by Gasteiger charge is 2.24. The van der Waals surface area contributed by atoms with E-state index >= 15 is 0 Å². The molecule has 0 heterocycles. The van der Waals surface area contributed by atoms with Gasteiger partial charge in [0.2, 0.25) is 10.0 Å². The molecule has 5 nitrogen and oxygen atoms in total. The van der Waals surface area contributed by atoms with Crippen molar-refractivity contribution in [2.24, 2.45) is 0 Å². The third-order valence-corrected chi connectivity index (χ3v) is 5.03. The first-order chi connectivity index (χ1) is 8.74. The van der Waals surface area contributed by atoms with Crippen molar-refractivity contribution in [3.05, 3.63) is 35.4 Å². The zero-order valence-electron chi connectivity index (χ0n) is 11.3. The molecule has 1 atom stereocenters. The summed E-state index contributed by atoms with van der Waals surface area (Å²) in [7, 11) is -2.09. The normalized spacial score (nSPS) is 13.5. The quantitative estimate of drug-likeness (QED) is 0.864. The summed E-state index contributed by atoms with van der Waals surface area (Å²) < 4.78 is 25.2. The summed E-state index contributed by atoms with van der Waals surface area (Å²) in [5.74, 6) is -1.49. The van der Waals surface area contributed by atoms with E-state index in [0.29, 0.717) is 0 Å². The van der Waals surface area contributed by atoms with Crippen molar-refractivity contribution in [3.63, 3.8) is 0 Å². The predicted molar refractivity (Wildman–Crippen MR) is 73.4 cm³/mol. The molecule has 0 saturated carbocycles. The number of carboxylic acids is 1. The van der Waals surface area contributed by atoms with Gasteiger partial charge in [-0.1, -0.05) is 29.8 Å². The number of sulfonamides is 1. The van der Waals surface area contributed by atoms with Crippen LogP contribution in [0.1, 0.15) is 30.5 Å². The van der Waals surface area contributed by atoms with E-state index in [4.69, 9.17) is 5.11 Å². The van der Waals surface area contributed by atoms with E-state index in [1.807, 2.05) is 31.2 Å². The second-order valence-electron chi connectivity index (χ2n) is 4.56. The van der Waals surface area contributed by atoms with Gasteiger partial charge in [0, 0.05) is 13.1 Å². The minimum absolute atomic E-state index is 0.320. The molecular weight excluding hydrogens is 266 g/mol. The lowest BCUT2D eigenvalue weighted by molar-refractivity contribution is -0.136. The van der Waals surface area contributed by atoms with Crippen LogP contribution in [0.25, 0.3) is 0 Å². The van der Waals surface area contributed by atoms with E-state index in [0.717, 1.165) is 11.1 Å². The second kappa shape index (κ2) is 6.16. The van der Waals surface area contributed by atoms with Gasteiger partial charge < -0.3 is 5.11 Å². The molecule has 0 bridgehead atoms. The molecule has 0 radical (unpaired) electrons. The standard InChI is InChI=1S/C13H19NO4S/c1-10-4-6-12(7-5-10)11(2)14(3)19(17,18)9-8-13(15)16/h4-7,11H,8-9H2,1-3H3,(H,15,16). The average molecular weight is 285 g/mol. The molecule has 0 amide bonds. The third kappa shape index (κ3) is 4.33. The van der Waals surface area contributed by atoms with E-state index in [-0.39, 0.29) is 18.2 Å². The van der Waals surface area contributed by atoms with E-state index < -0.39 is 16.0 Å². The molecule has 0 aliphatic heterocycles. The first kappa shape index (κ1) is 15.7. The van der Waals surface area contributed by atoms with Crippen LogP contribution in [0, 0.1) is 6.92 Å². The SMILES string of the molecule is Cc1ccc(C(C)N(C)S(=O)(=O)CCC(=O)O)cc1. The number of aryl methyl sites for hydroxylation is 1. The highest BCUT2D eigenvalue weighted by atomic mass is 32.2. The van der Waals surface area contributed by atoms with Crippen molar-refractivity contribution in [2.75, 3.05) is 12.8 Å². The van der Waals surface area contributed by atoms with Crippen molar-refractivity contribution in [3.8, 4) is 0 Å². The highest BCUT2D eigenvalue weighted by Crippen LogP contribution is 2.22. The Kier molecular flexibility index (Phi) is 5.08. The number of rotatable bonds is 6. The number of carbonyl (C=O) groups is 1. The monoisotopic (exact) mass is 285 g/mol. The van der Waals surface area contributed by atoms with Crippen LogP contribution in [-0.4, -0.2) is 36.6 Å². The van der Waals surface area contributed by atoms with Crippen molar-refractivity contribution < 1.29 is 18.3 Å².